The van der Waals surface area contributed by atoms with Crippen molar-refractivity contribution in [2.24, 2.45) is 5.73 Å². The van der Waals surface area contributed by atoms with Crippen LogP contribution in [0.4, 0.5) is 0 Å². The quantitative estimate of drug-likeness (QED) is 0.715. The Morgan fingerprint density at radius 1 is 1.27 bits per heavy atom. The minimum atomic E-state index is -3.48. The molecule has 1 aromatic carbocycles. The molecule has 0 atom stereocenters. The highest BCUT2D eigenvalue weighted by molar-refractivity contribution is 7.89. The molecular formula is C14H22ClN3O3S. The molecule has 0 aromatic heterocycles. The first-order valence-corrected chi connectivity index (χ1v) is 8.35. The van der Waals surface area contributed by atoms with E-state index >= 15 is 0 Å². The number of nitrogens with two attached hydrogens (primary N) is 1. The molecule has 1 aliphatic carbocycles. The zero-order valence-electron chi connectivity index (χ0n) is 12.6. The van der Waals surface area contributed by atoms with Crippen LogP contribution in [0.3, 0.4) is 0 Å². The summed E-state index contributed by atoms with van der Waals surface area (Å²) in [6.07, 6.45) is 1.77. The average molecular weight is 348 g/mol. The van der Waals surface area contributed by atoms with E-state index in [1.807, 2.05) is 13.8 Å². The first kappa shape index (κ1) is 18.9. The van der Waals surface area contributed by atoms with Crippen LogP contribution in [0.15, 0.2) is 29.2 Å². The van der Waals surface area contributed by atoms with E-state index in [1.165, 1.54) is 24.3 Å². The molecule has 0 unspecified atom stereocenters. The number of carbonyl (C=O) groups is 1. The fraction of sp³-hybridized carbons (Fsp3) is 0.500. The Hall–Kier alpha value is -1.15. The van der Waals surface area contributed by atoms with E-state index in [0.717, 1.165) is 12.8 Å². The van der Waals surface area contributed by atoms with E-state index in [0.29, 0.717) is 12.1 Å². The van der Waals surface area contributed by atoms with Gasteiger partial charge in [-0.3, -0.25) is 4.79 Å². The van der Waals surface area contributed by atoms with Gasteiger partial charge in [0.05, 0.1) is 4.90 Å². The van der Waals surface area contributed by atoms with E-state index in [9.17, 15) is 13.2 Å². The van der Waals surface area contributed by atoms with Gasteiger partial charge in [0.25, 0.3) is 5.91 Å². The topological polar surface area (TPSA) is 101 Å². The van der Waals surface area contributed by atoms with Crippen molar-refractivity contribution in [3.05, 3.63) is 29.8 Å². The number of amides is 1. The van der Waals surface area contributed by atoms with Gasteiger partial charge in [-0.1, -0.05) is 0 Å². The third-order valence-electron chi connectivity index (χ3n) is 3.03. The Labute approximate surface area is 137 Å². The second-order valence-corrected chi connectivity index (χ2v) is 7.81. The van der Waals surface area contributed by atoms with Crippen LogP contribution in [0.5, 0.6) is 0 Å². The predicted molar refractivity (Wildman–Crippen MR) is 87.6 cm³/mol. The number of nitrogens with one attached hydrogen (secondary N) is 2. The van der Waals surface area contributed by atoms with Crippen molar-refractivity contribution in [1.29, 1.82) is 0 Å². The molecule has 0 bridgehead atoms. The third kappa shape index (κ3) is 5.57. The summed E-state index contributed by atoms with van der Waals surface area (Å²) in [6.45, 7) is 3.97. The van der Waals surface area contributed by atoms with Crippen LogP contribution in [-0.2, 0) is 10.0 Å². The summed E-state index contributed by atoms with van der Waals surface area (Å²) in [5.41, 5.74) is 5.71. The van der Waals surface area contributed by atoms with Gasteiger partial charge < -0.3 is 11.1 Å². The molecule has 2 rings (SSSR count). The SMILES string of the molecule is CC(C)(N)CNC(=O)c1ccc(S(=O)(=O)NC2CC2)cc1.Cl. The standard InChI is InChI=1S/C14H21N3O3S.ClH/c1-14(2,15)9-16-13(18)10-3-7-12(8-4-10)21(19,20)17-11-5-6-11;/h3-4,7-8,11,17H,5-6,9,15H2,1-2H3,(H,16,18);1H. The molecule has 1 amide bonds. The van der Waals surface area contributed by atoms with E-state index in [2.05, 4.69) is 10.0 Å². The molecule has 22 heavy (non-hydrogen) atoms. The number of hydrogen-bond acceptors (Lipinski definition) is 4. The highest BCUT2D eigenvalue weighted by atomic mass is 35.5. The number of halogens is 1. The largest absolute Gasteiger partial charge is 0.350 e. The van der Waals surface area contributed by atoms with E-state index in [4.69, 9.17) is 5.73 Å². The molecule has 8 heteroatoms. The second-order valence-electron chi connectivity index (χ2n) is 6.09. The summed E-state index contributed by atoms with van der Waals surface area (Å²) >= 11 is 0. The maximum absolute atomic E-state index is 12.0. The van der Waals surface area contributed by atoms with Crippen molar-refractivity contribution in [1.82, 2.24) is 10.0 Å². The molecule has 0 radical (unpaired) electrons. The van der Waals surface area contributed by atoms with Gasteiger partial charge in [-0.15, -0.1) is 12.4 Å². The maximum atomic E-state index is 12.0. The first-order valence-electron chi connectivity index (χ1n) is 6.87. The zero-order chi connectivity index (χ0) is 15.7. The van der Waals surface area contributed by atoms with Gasteiger partial charge in [0.1, 0.15) is 0 Å². The molecule has 0 spiro atoms. The average Bonchev–Trinajstić information content (AvgIpc) is 3.18. The fourth-order valence-corrected chi connectivity index (χ4v) is 2.99. The van der Waals surface area contributed by atoms with Gasteiger partial charge in [0, 0.05) is 23.7 Å². The van der Waals surface area contributed by atoms with Crippen LogP contribution in [0, 0.1) is 0 Å². The minimum Gasteiger partial charge on any atom is -0.350 e. The van der Waals surface area contributed by atoms with Crippen molar-refractivity contribution >= 4 is 28.3 Å². The van der Waals surface area contributed by atoms with Gasteiger partial charge in [0.2, 0.25) is 10.0 Å². The Balaban J connectivity index is 0.00000242. The first-order chi connectivity index (χ1) is 9.67. The van der Waals surface area contributed by atoms with Crippen molar-refractivity contribution < 1.29 is 13.2 Å². The monoisotopic (exact) mass is 347 g/mol. The van der Waals surface area contributed by atoms with Gasteiger partial charge in [-0.05, 0) is 51.0 Å². The third-order valence-corrected chi connectivity index (χ3v) is 4.57. The van der Waals surface area contributed by atoms with Crippen molar-refractivity contribution in [2.45, 2.75) is 43.2 Å². The van der Waals surface area contributed by atoms with Crippen LogP contribution in [0.2, 0.25) is 0 Å². The Bertz CT molecular complexity index is 620. The highest BCUT2D eigenvalue weighted by Gasteiger charge is 2.28. The molecule has 0 heterocycles. The number of carbonyl (C=O) groups excluding carboxylic acids is 1. The number of sulfonamides is 1. The van der Waals surface area contributed by atoms with Crippen molar-refractivity contribution in [3.63, 3.8) is 0 Å². The maximum Gasteiger partial charge on any atom is 0.251 e. The highest BCUT2D eigenvalue weighted by Crippen LogP contribution is 2.22. The van der Waals surface area contributed by atoms with Crippen LogP contribution < -0.4 is 15.8 Å². The lowest BCUT2D eigenvalue weighted by atomic mass is 10.1. The smallest absolute Gasteiger partial charge is 0.251 e. The Morgan fingerprint density at radius 3 is 2.27 bits per heavy atom. The van der Waals surface area contributed by atoms with Crippen molar-refractivity contribution in [2.75, 3.05) is 6.54 Å². The van der Waals surface area contributed by atoms with Crippen LogP contribution in [0.1, 0.15) is 37.0 Å². The number of rotatable bonds is 6. The Morgan fingerprint density at radius 2 is 1.82 bits per heavy atom. The fourth-order valence-electron chi connectivity index (χ4n) is 1.68. The predicted octanol–water partition coefficient (Wildman–Crippen LogP) is 1.02. The van der Waals surface area contributed by atoms with E-state index < -0.39 is 15.6 Å². The lowest BCUT2D eigenvalue weighted by Gasteiger charge is -2.18. The lowest BCUT2D eigenvalue weighted by Crippen LogP contribution is -2.45. The summed E-state index contributed by atoms with van der Waals surface area (Å²) in [4.78, 5) is 12.1. The lowest BCUT2D eigenvalue weighted by molar-refractivity contribution is 0.0946. The summed E-state index contributed by atoms with van der Waals surface area (Å²) < 4.78 is 26.6. The van der Waals surface area contributed by atoms with E-state index in [-0.39, 0.29) is 29.3 Å². The van der Waals surface area contributed by atoms with E-state index in [1.54, 1.807) is 0 Å². The minimum absolute atomic E-state index is 0. The zero-order valence-corrected chi connectivity index (χ0v) is 14.3. The van der Waals surface area contributed by atoms with Crippen LogP contribution in [0.25, 0.3) is 0 Å². The summed E-state index contributed by atoms with van der Waals surface area (Å²) in [6, 6.07) is 5.94. The molecule has 0 aliphatic heterocycles. The summed E-state index contributed by atoms with van der Waals surface area (Å²) in [7, 11) is -3.48. The molecule has 4 N–H and O–H groups in total. The Kier molecular flexibility index (Phi) is 5.97. The molecule has 0 saturated heterocycles. The molecule has 6 nitrogen and oxygen atoms in total. The normalized spacial score (nSPS) is 15.0. The molecule has 124 valence electrons. The van der Waals surface area contributed by atoms with Gasteiger partial charge >= 0.3 is 0 Å². The van der Waals surface area contributed by atoms with Crippen LogP contribution in [-0.4, -0.2) is 32.5 Å². The van der Waals surface area contributed by atoms with Gasteiger partial charge in [0.15, 0.2) is 0 Å². The molecule has 1 fully saturated rings. The number of hydrogen-bond donors (Lipinski definition) is 3. The molecule has 1 aromatic rings. The summed E-state index contributed by atoms with van der Waals surface area (Å²) in [5, 5.41) is 2.71. The molecular weight excluding hydrogens is 326 g/mol. The van der Waals surface area contributed by atoms with Gasteiger partial charge in [-0.2, -0.15) is 0 Å². The molecule has 1 aliphatic rings. The number of benzene rings is 1. The second kappa shape index (κ2) is 6.95. The van der Waals surface area contributed by atoms with Crippen molar-refractivity contribution in [3.8, 4) is 0 Å². The summed E-state index contributed by atoms with van der Waals surface area (Å²) in [5.74, 6) is -0.271. The van der Waals surface area contributed by atoms with Gasteiger partial charge in [-0.25, -0.2) is 13.1 Å². The molecule has 1 saturated carbocycles. The van der Waals surface area contributed by atoms with Crippen LogP contribution >= 0.6 is 12.4 Å².